The first kappa shape index (κ1) is 12.8. The first-order valence-electron chi connectivity index (χ1n) is 7.11. The van der Waals surface area contributed by atoms with Crippen LogP contribution < -0.4 is 4.90 Å². The van der Waals surface area contributed by atoms with Crippen LogP contribution in [0.4, 0.5) is 10.6 Å². The fourth-order valence-corrected chi connectivity index (χ4v) is 4.11. The van der Waals surface area contributed by atoms with Crippen molar-refractivity contribution in [3.05, 3.63) is 17.8 Å². The van der Waals surface area contributed by atoms with Crippen LogP contribution in [0.5, 0.6) is 0 Å². The average Bonchev–Trinajstić information content (AvgIpc) is 3.12. The van der Waals surface area contributed by atoms with E-state index in [1.807, 2.05) is 16.3 Å². The van der Waals surface area contributed by atoms with E-state index >= 15 is 0 Å². The molecule has 4 rings (SSSR count). The molecule has 7 heteroatoms. The van der Waals surface area contributed by atoms with E-state index < -0.39 is 0 Å². The summed E-state index contributed by atoms with van der Waals surface area (Å²) in [6.45, 7) is 4.81. The van der Waals surface area contributed by atoms with Crippen molar-refractivity contribution in [3.8, 4) is 0 Å². The van der Waals surface area contributed by atoms with Crippen molar-refractivity contribution in [2.45, 2.75) is 18.9 Å². The van der Waals surface area contributed by atoms with Crippen LogP contribution in [0, 0.1) is 0 Å². The third-order valence-corrected chi connectivity index (χ3v) is 5.42. The second-order valence-corrected chi connectivity index (χ2v) is 6.45. The van der Waals surface area contributed by atoms with Gasteiger partial charge in [-0.05, 0) is 17.9 Å². The number of aromatic nitrogens is 2. The summed E-state index contributed by atoms with van der Waals surface area (Å²) >= 11 is 1.66. The first-order valence-corrected chi connectivity index (χ1v) is 7.99. The van der Waals surface area contributed by atoms with E-state index in [0.29, 0.717) is 13.2 Å². The molecule has 6 nitrogen and oxygen atoms in total. The standard InChI is InChI=1S/C14H16N4O2S/c1-2-14-7-17(4-5-18(14)13(19)20-8-14)12-11-10(3-6-21-11)15-9-16-12/h3,6,9H,2,4-5,7-8H2,1H3. The Morgan fingerprint density at radius 2 is 2.33 bits per heavy atom. The summed E-state index contributed by atoms with van der Waals surface area (Å²) in [6.07, 6.45) is 2.32. The zero-order chi connectivity index (χ0) is 14.4. The molecule has 0 spiro atoms. The number of hydrogen-bond donors (Lipinski definition) is 0. The van der Waals surface area contributed by atoms with E-state index in [0.717, 1.165) is 35.5 Å². The third-order valence-electron chi connectivity index (χ3n) is 4.52. The van der Waals surface area contributed by atoms with Crippen LogP contribution in [0.1, 0.15) is 13.3 Å². The molecule has 0 bridgehead atoms. The summed E-state index contributed by atoms with van der Waals surface area (Å²) in [5, 5.41) is 2.04. The molecule has 0 aromatic carbocycles. The Kier molecular flexibility index (Phi) is 2.78. The fourth-order valence-electron chi connectivity index (χ4n) is 3.25. The highest BCUT2D eigenvalue weighted by molar-refractivity contribution is 7.17. The first-order chi connectivity index (χ1) is 10.2. The van der Waals surface area contributed by atoms with E-state index in [4.69, 9.17) is 4.74 Å². The van der Waals surface area contributed by atoms with Crippen molar-refractivity contribution in [3.63, 3.8) is 0 Å². The molecule has 2 aromatic rings. The summed E-state index contributed by atoms with van der Waals surface area (Å²) < 4.78 is 6.39. The van der Waals surface area contributed by atoms with Crippen molar-refractivity contribution in [2.24, 2.45) is 0 Å². The molecule has 2 aliphatic rings. The molecule has 0 saturated carbocycles. The number of rotatable bonds is 2. The van der Waals surface area contributed by atoms with Gasteiger partial charge in [0.1, 0.15) is 18.8 Å². The van der Waals surface area contributed by atoms with Crippen molar-refractivity contribution < 1.29 is 9.53 Å². The van der Waals surface area contributed by atoms with Crippen LogP contribution in [0.3, 0.4) is 0 Å². The number of hydrogen-bond acceptors (Lipinski definition) is 6. The summed E-state index contributed by atoms with van der Waals surface area (Å²) in [5.41, 5.74) is 0.765. The van der Waals surface area contributed by atoms with Gasteiger partial charge in [0, 0.05) is 19.6 Å². The lowest BCUT2D eigenvalue weighted by Crippen LogP contribution is -2.61. The van der Waals surface area contributed by atoms with Crippen molar-refractivity contribution >= 4 is 33.5 Å². The van der Waals surface area contributed by atoms with Crippen LogP contribution >= 0.6 is 11.3 Å². The molecule has 21 heavy (non-hydrogen) atoms. The lowest BCUT2D eigenvalue weighted by atomic mass is 9.93. The van der Waals surface area contributed by atoms with Gasteiger partial charge in [0.25, 0.3) is 0 Å². The molecule has 2 saturated heterocycles. The van der Waals surface area contributed by atoms with Crippen molar-refractivity contribution in [1.29, 1.82) is 0 Å². The van der Waals surface area contributed by atoms with Crippen LogP contribution in [-0.4, -0.2) is 52.7 Å². The highest BCUT2D eigenvalue weighted by atomic mass is 32.1. The number of carbonyl (C=O) groups is 1. The number of thiophene rings is 1. The van der Waals surface area contributed by atoms with E-state index in [1.54, 1.807) is 17.7 Å². The molecule has 2 aliphatic heterocycles. The Morgan fingerprint density at radius 1 is 1.43 bits per heavy atom. The predicted molar refractivity (Wildman–Crippen MR) is 80.7 cm³/mol. The highest BCUT2D eigenvalue weighted by Gasteiger charge is 2.49. The third kappa shape index (κ3) is 1.80. The second-order valence-electron chi connectivity index (χ2n) is 5.54. The zero-order valence-electron chi connectivity index (χ0n) is 11.8. The molecule has 110 valence electrons. The zero-order valence-corrected chi connectivity index (χ0v) is 12.6. The number of amides is 1. The van der Waals surface area contributed by atoms with Crippen LogP contribution in [0.25, 0.3) is 10.2 Å². The van der Waals surface area contributed by atoms with Gasteiger partial charge in [0.15, 0.2) is 0 Å². The number of anilines is 1. The largest absolute Gasteiger partial charge is 0.447 e. The van der Waals surface area contributed by atoms with Crippen molar-refractivity contribution in [2.75, 3.05) is 31.1 Å². The van der Waals surface area contributed by atoms with Crippen LogP contribution in [0.15, 0.2) is 17.8 Å². The SMILES string of the molecule is CCC12COC(=O)N1CCN(c1ncnc3ccsc13)C2. The maximum absolute atomic E-state index is 11.8. The van der Waals surface area contributed by atoms with Crippen LogP contribution in [-0.2, 0) is 4.74 Å². The summed E-state index contributed by atoms with van der Waals surface area (Å²) in [4.78, 5) is 24.8. The lowest BCUT2D eigenvalue weighted by molar-refractivity contribution is 0.137. The summed E-state index contributed by atoms with van der Waals surface area (Å²) in [6, 6.07) is 2.01. The number of fused-ring (bicyclic) bond motifs is 2. The van der Waals surface area contributed by atoms with Gasteiger partial charge in [-0.25, -0.2) is 14.8 Å². The second kappa shape index (κ2) is 4.56. The molecule has 2 aromatic heterocycles. The van der Waals surface area contributed by atoms with E-state index in [1.165, 1.54) is 0 Å². The maximum Gasteiger partial charge on any atom is 0.410 e. The molecule has 1 atom stereocenters. The molecule has 1 amide bonds. The van der Waals surface area contributed by atoms with Gasteiger partial charge >= 0.3 is 6.09 Å². The number of cyclic esters (lactones) is 1. The molecule has 0 N–H and O–H groups in total. The Balaban J connectivity index is 1.71. The quantitative estimate of drug-likeness (QED) is 0.850. The lowest BCUT2D eigenvalue weighted by Gasteiger charge is -2.44. The monoisotopic (exact) mass is 304 g/mol. The minimum atomic E-state index is -0.218. The molecule has 4 heterocycles. The van der Waals surface area contributed by atoms with Gasteiger partial charge in [-0.2, -0.15) is 0 Å². The Hall–Kier alpha value is -1.89. The normalized spacial score (nSPS) is 25.3. The summed E-state index contributed by atoms with van der Waals surface area (Å²) in [5.74, 6) is 0.974. The molecular formula is C14H16N4O2S. The Bertz CT molecular complexity index is 703. The Labute approximate surface area is 126 Å². The Morgan fingerprint density at radius 3 is 3.19 bits per heavy atom. The van der Waals surface area contributed by atoms with E-state index in [9.17, 15) is 4.79 Å². The van der Waals surface area contributed by atoms with Gasteiger partial charge in [-0.3, -0.25) is 4.90 Å². The summed E-state index contributed by atoms with van der Waals surface area (Å²) in [7, 11) is 0. The molecule has 2 fully saturated rings. The molecule has 0 radical (unpaired) electrons. The number of carbonyl (C=O) groups excluding carboxylic acids is 1. The van der Waals surface area contributed by atoms with Gasteiger partial charge < -0.3 is 9.64 Å². The van der Waals surface area contributed by atoms with Gasteiger partial charge in [0.2, 0.25) is 0 Å². The smallest absolute Gasteiger partial charge is 0.410 e. The van der Waals surface area contributed by atoms with Crippen LogP contribution in [0.2, 0.25) is 0 Å². The molecule has 1 unspecified atom stereocenters. The van der Waals surface area contributed by atoms with E-state index in [2.05, 4.69) is 21.8 Å². The van der Waals surface area contributed by atoms with Gasteiger partial charge in [-0.15, -0.1) is 11.3 Å². The van der Waals surface area contributed by atoms with Crippen molar-refractivity contribution in [1.82, 2.24) is 14.9 Å². The topological polar surface area (TPSA) is 58.6 Å². The maximum atomic E-state index is 11.8. The van der Waals surface area contributed by atoms with Gasteiger partial charge in [0.05, 0.1) is 15.8 Å². The fraction of sp³-hybridized carbons (Fsp3) is 0.500. The van der Waals surface area contributed by atoms with E-state index in [-0.39, 0.29) is 11.6 Å². The van der Waals surface area contributed by atoms with Gasteiger partial charge in [-0.1, -0.05) is 6.92 Å². The minimum absolute atomic E-state index is 0.180. The highest BCUT2D eigenvalue weighted by Crippen LogP contribution is 2.35. The number of nitrogens with zero attached hydrogens (tertiary/aromatic N) is 4. The predicted octanol–water partition coefficient (Wildman–Crippen LogP) is 2.11. The number of piperazine rings is 1. The number of ether oxygens (including phenoxy) is 1. The molecular weight excluding hydrogens is 288 g/mol. The molecule has 0 aliphatic carbocycles. The minimum Gasteiger partial charge on any atom is -0.447 e. The average molecular weight is 304 g/mol.